The molecule has 0 aliphatic carbocycles. The Balaban J connectivity index is 0.000000339. The zero-order valence-electron chi connectivity index (χ0n) is 16.7. The number of carboxylic acids is 1. The molecule has 3 heterocycles. The molecule has 1 aromatic carbocycles. The highest BCUT2D eigenvalue weighted by Gasteiger charge is 2.52. The van der Waals surface area contributed by atoms with Gasteiger partial charge >= 0.3 is 12.1 Å². The van der Waals surface area contributed by atoms with Crippen LogP contribution in [0.4, 0.5) is 17.6 Å². The number of amides is 1. The number of nitrogens with zero attached hydrogens (tertiary/aromatic N) is 2. The number of hydrogen-bond donors (Lipinski definition) is 1. The second kappa shape index (κ2) is 9.49. The summed E-state index contributed by atoms with van der Waals surface area (Å²) in [6, 6.07) is 6.23. The zero-order valence-corrected chi connectivity index (χ0v) is 16.7. The first-order chi connectivity index (χ1) is 14.6. The number of carbonyl (C=O) groups is 2. The van der Waals surface area contributed by atoms with E-state index >= 15 is 0 Å². The molecule has 3 saturated heterocycles. The first-order valence-electron chi connectivity index (χ1n) is 9.84. The van der Waals surface area contributed by atoms with Gasteiger partial charge in [-0.3, -0.25) is 9.69 Å². The van der Waals surface area contributed by atoms with E-state index in [9.17, 15) is 22.4 Å². The Morgan fingerprint density at radius 1 is 1.16 bits per heavy atom. The topological polar surface area (TPSA) is 79.3 Å². The Bertz CT molecular complexity index is 800. The lowest BCUT2D eigenvalue weighted by Gasteiger charge is -2.36. The number of carbonyl (C=O) groups excluding carboxylic acids is 1. The average molecular weight is 448 g/mol. The van der Waals surface area contributed by atoms with Crippen molar-refractivity contribution in [1.29, 1.82) is 0 Å². The minimum absolute atomic E-state index is 0.0295. The van der Waals surface area contributed by atoms with Crippen LogP contribution in [-0.2, 0) is 14.3 Å². The number of ether oxygens (including phenoxy) is 2. The van der Waals surface area contributed by atoms with Crippen LogP contribution < -0.4 is 0 Å². The second-order valence-corrected chi connectivity index (χ2v) is 7.93. The Kier molecular flexibility index (Phi) is 7.17. The van der Waals surface area contributed by atoms with Crippen LogP contribution in [0.5, 0.6) is 0 Å². The monoisotopic (exact) mass is 448 g/mol. The fraction of sp³-hybridized carbons (Fsp3) is 0.600. The Morgan fingerprint density at radius 3 is 2.42 bits per heavy atom. The summed E-state index contributed by atoms with van der Waals surface area (Å²) in [4.78, 5) is 25.9. The zero-order chi connectivity index (χ0) is 22.6. The summed E-state index contributed by atoms with van der Waals surface area (Å²) in [5.41, 5.74) is 0.137. The quantitative estimate of drug-likeness (QED) is 0.712. The van der Waals surface area contributed by atoms with Gasteiger partial charge in [-0.1, -0.05) is 12.1 Å². The first kappa shape index (κ1) is 23.4. The molecule has 2 atom stereocenters. The molecule has 0 radical (unpaired) electrons. The molecule has 1 N–H and O–H groups in total. The standard InChI is InChI=1S/C18H23FN2O3.C2HF3O2/c19-16-4-2-1-3-15(16)17(22)21-9-14-10-24-13-18(14,12-21)11-20-5-7-23-8-6-20;3-2(4,5)1(6)7/h1-4,14H,5-13H2;(H,6,7)/t14-,18+;/m1./s1. The molecule has 0 saturated carbocycles. The van der Waals surface area contributed by atoms with Crippen molar-refractivity contribution in [3.63, 3.8) is 0 Å². The highest BCUT2D eigenvalue weighted by atomic mass is 19.4. The summed E-state index contributed by atoms with van der Waals surface area (Å²) in [5, 5.41) is 7.12. The number of aliphatic carboxylic acids is 1. The number of halogens is 4. The maximum Gasteiger partial charge on any atom is 0.490 e. The smallest absolute Gasteiger partial charge is 0.475 e. The van der Waals surface area contributed by atoms with Crippen LogP contribution in [-0.4, -0.2) is 92.1 Å². The van der Waals surface area contributed by atoms with Gasteiger partial charge in [0.25, 0.3) is 5.91 Å². The van der Waals surface area contributed by atoms with Crippen molar-refractivity contribution < 1.29 is 41.7 Å². The highest BCUT2D eigenvalue weighted by Crippen LogP contribution is 2.42. The number of hydrogen-bond acceptors (Lipinski definition) is 5. The number of morpholine rings is 1. The van der Waals surface area contributed by atoms with E-state index in [2.05, 4.69) is 4.90 Å². The maximum atomic E-state index is 14.0. The summed E-state index contributed by atoms with van der Waals surface area (Å²) in [7, 11) is 0. The van der Waals surface area contributed by atoms with Crippen molar-refractivity contribution in [2.75, 3.05) is 59.2 Å². The van der Waals surface area contributed by atoms with Gasteiger partial charge in [0.2, 0.25) is 0 Å². The van der Waals surface area contributed by atoms with Crippen molar-refractivity contribution >= 4 is 11.9 Å². The molecule has 172 valence electrons. The van der Waals surface area contributed by atoms with E-state index < -0.39 is 18.0 Å². The van der Waals surface area contributed by atoms with E-state index in [4.69, 9.17) is 19.4 Å². The fourth-order valence-electron chi connectivity index (χ4n) is 4.22. The van der Waals surface area contributed by atoms with Crippen LogP contribution in [0.1, 0.15) is 10.4 Å². The lowest BCUT2D eigenvalue weighted by molar-refractivity contribution is -0.192. The lowest BCUT2D eigenvalue weighted by atomic mass is 9.80. The largest absolute Gasteiger partial charge is 0.490 e. The molecule has 4 rings (SSSR count). The van der Waals surface area contributed by atoms with Crippen molar-refractivity contribution in [1.82, 2.24) is 9.80 Å². The van der Waals surface area contributed by atoms with Gasteiger partial charge in [-0.2, -0.15) is 13.2 Å². The molecule has 7 nitrogen and oxygen atoms in total. The van der Waals surface area contributed by atoms with Crippen LogP contribution in [0.3, 0.4) is 0 Å². The molecule has 3 fully saturated rings. The van der Waals surface area contributed by atoms with Crippen molar-refractivity contribution in [3.05, 3.63) is 35.6 Å². The SMILES string of the molecule is O=C(O)C(F)(F)F.O=C(c1ccccc1F)N1C[C@@H]2COC[C@]2(CN2CCOCC2)C1. The van der Waals surface area contributed by atoms with Crippen LogP contribution in [0, 0.1) is 17.2 Å². The molecule has 0 aromatic heterocycles. The van der Waals surface area contributed by atoms with Crippen molar-refractivity contribution in [2.45, 2.75) is 6.18 Å². The molecule has 0 spiro atoms. The number of alkyl halides is 3. The normalized spacial score (nSPS) is 26.2. The molecule has 3 aliphatic rings. The summed E-state index contributed by atoms with van der Waals surface area (Å²) in [5.74, 6) is -3.08. The summed E-state index contributed by atoms with van der Waals surface area (Å²) >= 11 is 0. The number of likely N-dealkylation sites (tertiary alicyclic amines) is 1. The molecular formula is C20H24F4N2O5. The Hall–Kier alpha value is -2.24. The van der Waals surface area contributed by atoms with Gasteiger partial charge in [0.15, 0.2) is 0 Å². The number of fused-ring (bicyclic) bond motifs is 1. The fourth-order valence-corrected chi connectivity index (χ4v) is 4.22. The van der Waals surface area contributed by atoms with Crippen LogP contribution in [0.15, 0.2) is 24.3 Å². The molecule has 11 heteroatoms. The maximum absolute atomic E-state index is 14.0. The third-order valence-corrected chi connectivity index (χ3v) is 5.80. The number of benzene rings is 1. The minimum Gasteiger partial charge on any atom is -0.475 e. The van der Waals surface area contributed by atoms with Gasteiger partial charge in [0, 0.05) is 44.1 Å². The van der Waals surface area contributed by atoms with Crippen molar-refractivity contribution in [3.8, 4) is 0 Å². The van der Waals surface area contributed by atoms with E-state index in [0.717, 1.165) is 32.8 Å². The van der Waals surface area contributed by atoms with Gasteiger partial charge in [-0.25, -0.2) is 9.18 Å². The Labute approximate surface area is 176 Å². The second-order valence-electron chi connectivity index (χ2n) is 7.93. The first-order valence-corrected chi connectivity index (χ1v) is 9.84. The van der Waals surface area contributed by atoms with E-state index in [1.807, 2.05) is 4.90 Å². The molecule has 3 aliphatic heterocycles. The third kappa shape index (κ3) is 5.52. The molecule has 0 unspecified atom stereocenters. The predicted molar refractivity (Wildman–Crippen MR) is 100.0 cm³/mol. The van der Waals surface area contributed by atoms with E-state index in [1.54, 1.807) is 18.2 Å². The molecule has 0 bridgehead atoms. The molecule has 1 aromatic rings. The molecule has 1 amide bonds. The Morgan fingerprint density at radius 2 is 1.81 bits per heavy atom. The van der Waals surface area contributed by atoms with E-state index in [1.165, 1.54) is 6.07 Å². The van der Waals surface area contributed by atoms with Crippen LogP contribution in [0.25, 0.3) is 0 Å². The van der Waals surface area contributed by atoms with Gasteiger partial charge in [-0.05, 0) is 12.1 Å². The van der Waals surface area contributed by atoms with Gasteiger partial charge in [0.05, 0.1) is 32.0 Å². The average Bonchev–Trinajstić information content (AvgIpc) is 3.25. The van der Waals surface area contributed by atoms with Gasteiger partial charge in [-0.15, -0.1) is 0 Å². The summed E-state index contributed by atoms with van der Waals surface area (Å²) in [6.45, 7) is 6.95. The highest BCUT2D eigenvalue weighted by molar-refractivity contribution is 5.94. The van der Waals surface area contributed by atoms with Crippen molar-refractivity contribution in [2.24, 2.45) is 11.3 Å². The summed E-state index contributed by atoms with van der Waals surface area (Å²) < 4.78 is 56.9. The third-order valence-electron chi connectivity index (χ3n) is 5.80. The minimum atomic E-state index is -5.08. The number of rotatable bonds is 3. The van der Waals surface area contributed by atoms with Crippen LogP contribution in [0.2, 0.25) is 0 Å². The van der Waals surface area contributed by atoms with Gasteiger partial charge in [0.1, 0.15) is 5.82 Å². The van der Waals surface area contributed by atoms with E-state index in [0.29, 0.717) is 32.2 Å². The van der Waals surface area contributed by atoms with Crippen LogP contribution >= 0.6 is 0 Å². The van der Waals surface area contributed by atoms with Gasteiger partial charge < -0.3 is 19.5 Å². The molecule has 31 heavy (non-hydrogen) atoms. The number of carboxylic acid groups (broad SMARTS) is 1. The summed E-state index contributed by atoms with van der Waals surface area (Å²) in [6.07, 6.45) is -5.08. The predicted octanol–water partition coefficient (Wildman–Crippen LogP) is 1.88. The lowest BCUT2D eigenvalue weighted by Crippen LogP contribution is -2.47. The molecular weight excluding hydrogens is 424 g/mol. The van der Waals surface area contributed by atoms with E-state index in [-0.39, 0.29) is 16.9 Å².